The van der Waals surface area contributed by atoms with Crippen LogP contribution < -0.4 is 0 Å². The first-order valence-corrected chi connectivity index (χ1v) is 8.04. The van der Waals surface area contributed by atoms with Crippen LogP contribution in [0.2, 0.25) is 0 Å². The van der Waals surface area contributed by atoms with Crippen LogP contribution in [0.5, 0.6) is 0 Å². The Balaban J connectivity index is 2.28. The maximum Gasteiger partial charge on any atom is 0.410 e. The highest BCUT2D eigenvalue weighted by molar-refractivity contribution is 5.77. The Bertz CT molecular complexity index is 550. The monoisotopic (exact) mass is 319 g/mol. The van der Waals surface area contributed by atoms with Crippen LogP contribution in [-0.2, 0) is 14.3 Å². The average Bonchev–Trinajstić information content (AvgIpc) is 2.91. The van der Waals surface area contributed by atoms with Crippen LogP contribution in [0.1, 0.15) is 45.7 Å². The van der Waals surface area contributed by atoms with Crippen LogP contribution in [0.3, 0.4) is 0 Å². The van der Waals surface area contributed by atoms with E-state index in [-0.39, 0.29) is 17.9 Å². The Hall–Kier alpha value is -2.04. The number of nitrogens with zero attached hydrogens (tertiary/aromatic N) is 1. The zero-order valence-corrected chi connectivity index (χ0v) is 14.2. The second-order valence-corrected chi connectivity index (χ2v) is 6.68. The maximum atomic E-state index is 12.5. The summed E-state index contributed by atoms with van der Waals surface area (Å²) in [6.45, 7) is 8.11. The van der Waals surface area contributed by atoms with Gasteiger partial charge >= 0.3 is 12.1 Å². The van der Waals surface area contributed by atoms with Crippen LogP contribution in [-0.4, -0.2) is 35.7 Å². The minimum Gasteiger partial charge on any atom is -0.466 e. The van der Waals surface area contributed by atoms with Crippen molar-refractivity contribution in [2.75, 3.05) is 13.2 Å². The second kappa shape index (κ2) is 7.02. The lowest BCUT2D eigenvalue weighted by atomic mass is 9.94. The minimum atomic E-state index is -0.569. The van der Waals surface area contributed by atoms with Crippen LogP contribution in [0, 0.1) is 5.92 Å². The molecule has 1 fully saturated rings. The highest BCUT2D eigenvalue weighted by Gasteiger charge is 2.44. The Labute approximate surface area is 137 Å². The van der Waals surface area contributed by atoms with Gasteiger partial charge in [0, 0.05) is 6.54 Å². The molecular formula is C18H25NO4. The summed E-state index contributed by atoms with van der Waals surface area (Å²) in [6.07, 6.45) is 0.190. The lowest BCUT2D eigenvalue weighted by molar-refractivity contribution is -0.148. The van der Waals surface area contributed by atoms with E-state index in [2.05, 4.69) is 0 Å². The van der Waals surface area contributed by atoms with Gasteiger partial charge in [0.25, 0.3) is 0 Å². The van der Waals surface area contributed by atoms with Gasteiger partial charge in [-0.05, 0) is 39.7 Å². The number of carbonyl (C=O) groups excluding carboxylic acids is 2. The third-order valence-electron chi connectivity index (χ3n) is 3.76. The number of benzene rings is 1. The molecule has 0 radical (unpaired) electrons. The highest BCUT2D eigenvalue weighted by atomic mass is 16.6. The van der Waals surface area contributed by atoms with E-state index in [1.807, 2.05) is 51.1 Å². The first-order chi connectivity index (χ1) is 10.8. The lowest BCUT2D eigenvalue weighted by Gasteiger charge is -2.30. The predicted octanol–water partition coefficient (Wildman–Crippen LogP) is 3.55. The first-order valence-electron chi connectivity index (χ1n) is 8.04. The molecule has 0 aromatic heterocycles. The molecule has 0 bridgehead atoms. The van der Waals surface area contributed by atoms with Crippen LogP contribution in [0.25, 0.3) is 0 Å². The molecule has 5 nitrogen and oxygen atoms in total. The van der Waals surface area contributed by atoms with Crippen molar-refractivity contribution in [3.8, 4) is 0 Å². The smallest absolute Gasteiger partial charge is 0.410 e. The van der Waals surface area contributed by atoms with E-state index < -0.39 is 11.7 Å². The molecule has 0 spiro atoms. The van der Waals surface area contributed by atoms with Crippen molar-refractivity contribution >= 4 is 12.1 Å². The molecule has 2 atom stereocenters. The van der Waals surface area contributed by atoms with Crippen molar-refractivity contribution in [1.82, 2.24) is 4.90 Å². The molecule has 0 saturated carbocycles. The summed E-state index contributed by atoms with van der Waals surface area (Å²) in [5, 5.41) is 0. The Morgan fingerprint density at radius 3 is 2.43 bits per heavy atom. The number of ether oxygens (including phenoxy) is 2. The van der Waals surface area contributed by atoms with E-state index in [0.29, 0.717) is 19.6 Å². The number of rotatable bonds is 3. The fraction of sp³-hybridized carbons (Fsp3) is 0.556. The van der Waals surface area contributed by atoms with Gasteiger partial charge in [0.15, 0.2) is 0 Å². The van der Waals surface area contributed by atoms with Gasteiger partial charge in [-0.15, -0.1) is 0 Å². The summed E-state index contributed by atoms with van der Waals surface area (Å²) in [5.74, 6) is -0.614. The summed E-state index contributed by atoms with van der Waals surface area (Å²) >= 11 is 0. The number of carbonyl (C=O) groups is 2. The van der Waals surface area contributed by atoms with E-state index in [4.69, 9.17) is 9.47 Å². The quantitative estimate of drug-likeness (QED) is 0.800. The summed E-state index contributed by atoms with van der Waals surface area (Å²) in [5.41, 5.74) is 0.356. The van der Waals surface area contributed by atoms with E-state index in [0.717, 1.165) is 5.56 Å². The topological polar surface area (TPSA) is 55.8 Å². The van der Waals surface area contributed by atoms with Gasteiger partial charge in [-0.3, -0.25) is 4.79 Å². The molecule has 1 heterocycles. The van der Waals surface area contributed by atoms with Gasteiger partial charge in [0.2, 0.25) is 0 Å². The molecule has 126 valence electrons. The minimum absolute atomic E-state index is 0.257. The molecule has 1 aliphatic heterocycles. The molecular weight excluding hydrogens is 294 g/mol. The average molecular weight is 319 g/mol. The van der Waals surface area contributed by atoms with Crippen molar-refractivity contribution in [2.45, 2.75) is 45.8 Å². The molecule has 1 aliphatic rings. The fourth-order valence-electron chi connectivity index (χ4n) is 2.88. The zero-order chi connectivity index (χ0) is 17.0. The summed E-state index contributed by atoms with van der Waals surface area (Å²) in [4.78, 5) is 26.4. The number of likely N-dealkylation sites (tertiary alicyclic amines) is 1. The first kappa shape index (κ1) is 17.3. The standard InChI is InChI=1S/C18H25NO4/c1-5-22-16(20)14-11-12-19(17(21)23-18(2,3)4)15(14)13-9-7-6-8-10-13/h6-10,14-15H,5,11-12H2,1-4H3/t14-,15-/m1/s1. The molecule has 23 heavy (non-hydrogen) atoms. The van der Waals surface area contributed by atoms with Gasteiger partial charge < -0.3 is 14.4 Å². The van der Waals surface area contributed by atoms with Crippen molar-refractivity contribution < 1.29 is 19.1 Å². The van der Waals surface area contributed by atoms with E-state index >= 15 is 0 Å². The molecule has 1 aromatic rings. The van der Waals surface area contributed by atoms with Crippen molar-refractivity contribution in [3.63, 3.8) is 0 Å². The van der Waals surface area contributed by atoms with Crippen molar-refractivity contribution in [3.05, 3.63) is 35.9 Å². The molecule has 0 unspecified atom stereocenters. The summed E-state index contributed by atoms with van der Waals surface area (Å²) in [6, 6.07) is 9.24. The Kier molecular flexibility index (Phi) is 5.29. The van der Waals surface area contributed by atoms with Gasteiger partial charge in [0.1, 0.15) is 5.60 Å². The molecule has 1 amide bonds. The van der Waals surface area contributed by atoms with E-state index in [1.165, 1.54) is 0 Å². The molecule has 1 saturated heterocycles. The molecule has 5 heteroatoms. The van der Waals surface area contributed by atoms with Crippen LogP contribution >= 0.6 is 0 Å². The highest BCUT2D eigenvalue weighted by Crippen LogP contribution is 2.38. The third-order valence-corrected chi connectivity index (χ3v) is 3.76. The molecule has 1 aromatic carbocycles. The SMILES string of the molecule is CCOC(=O)[C@@H]1CCN(C(=O)OC(C)(C)C)[C@@H]1c1ccccc1. The van der Waals surface area contributed by atoms with Crippen LogP contribution in [0.4, 0.5) is 4.79 Å². The van der Waals surface area contributed by atoms with Gasteiger partial charge in [-0.2, -0.15) is 0 Å². The second-order valence-electron chi connectivity index (χ2n) is 6.68. The van der Waals surface area contributed by atoms with Gasteiger partial charge in [0.05, 0.1) is 18.6 Å². The largest absolute Gasteiger partial charge is 0.466 e. The molecule has 0 aliphatic carbocycles. The third kappa shape index (κ3) is 4.24. The number of hydrogen-bond acceptors (Lipinski definition) is 4. The number of amides is 1. The molecule has 2 rings (SSSR count). The fourth-order valence-corrected chi connectivity index (χ4v) is 2.88. The number of hydrogen-bond donors (Lipinski definition) is 0. The summed E-state index contributed by atoms with van der Waals surface area (Å²) < 4.78 is 10.7. The lowest BCUT2D eigenvalue weighted by Crippen LogP contribution is -2.38. The van der Waals surface area contributed by atoms with Gasteiger partial charge in [-0.1, -0.05) is 30.3 Å². The zero-order valence-electron chi connectivity index (χ0n) is 14.2. The Morgan fingerprint density at radius 1 is 1.22 bits per heavy atom. The van der Waals surface area contributed by atoms with Crippen molar-refractivity contribution in [1.29, 1.82) is 0 Å². The van der Waals surface area contributed by atoms with Crippen LogP contribution in [0.15, 0.2) is 30.3 Å². The maximum absolute atomic E-state index is 12.5. The van der Waals surface area contributed by atoms with Crippen molar-refractivity contribution in [2.24, 2.45) is 5.92 Å². The van der Waals surface area contributed by atoms with E-state index in [9.17, 15) is 9.59 Å². The number of esters is 1. The van der Waals surface area contributed by atoms with Gasteiger partial charge in [-0.25, -0.2) is 4.79 Å². The van der Waals surface area contributed by atoms with E-state index in [1.54, 1.807) is 11.8 Å². The predicted molar refractivity (Wildman–Crippen MR) is 86.9 cm³/mol. The normalized spacial score (nSPS) is 21.1. The summed E-state index contributed by atoms with van der Waals surface area (Å²) in [7, 11) is 0. The Morgan fingerprint density at radius 2 is 1.87 bits per heavy atom. The molecule has 0 N–H and O–H groups in total.